The number of H-pyrrole nitrogens is 1. The molecule has 5 nitrogen and oxygen atoms in total. The summed E-state index contributed by atoms with van der Waals surface area (Å²) >= 11 is 0. The summed E-state index contributed by atoms with van der Waals surface area (Å²) in [5.41, 5.74) is 6.05. The molecule has 0 spiro atoms. The number of nitrogens with two attached hydrogens (primary N) is 1. The van der Waals surface area contributed by atoms with Gasteiger partial charge in [0.15, 0.2) is 0 Å². The molecule has 20 heavy (non-hydrogen) atoms. The topological polar surface area (TPSA) is 81.0 Å². The average Bonchev–Trinajstić information content (AvgIpc) is 2.39. The maximum Gasteiger partial charge on any atom is 0.251 e. The maximum atomic E-state index is 11.8. The third-order valence-electron chi connectivity index (χ3n) is 4.43. The zero-order valence-corrected chi connectivity index (χ0v) is 12.7. The molecule has 1 aliphatic carbocycles. The molecule has 0 amide bonds. The molecule has 3 N–H and O–H groups in total. The number of aromatic amines is 1. The first kappa shape index (κ1) is 15.2. The van der Waals surface area contributed by atoms with Crippen LogP contribution in [0.5, 0.6) is 0 Å². The van der Waals surface area contributed by atoms with Gasteiger partial charge in [-0.15, -0.1) is 0 Å². The van der Waals surface area contributed by atoms with Crippen molar-refractivity contribution >= 4 is 0 Å². The lowest BCUT2D eigenvalue weighted by atomic mass is 9.70. The van der Waals surface area contributed by atoms with Crippen LogP contribution in [0.4, 0.5) is 0 Å². The van der Waals surface area contributed by atoms with Crippen LogP contribution in [-0.4, -0.2) is 23.6 Å². The molecule has 112 valence electrons. The molecule has 1 fully saturated rings. The molecule has 0 saturated heterocycles. The number of ether oxygens (including phenoxy) is 1. The number of nitrogens with one attached hydrogen (secondary N) is 1. The third kappa shape index (κ3) is 3.10. The Labute approximate surface area is 119 Å². The minimum atomic E-state index is -0.459. The van der Waals surface area contributed by atoms with Gasteiger partial charge in [-0.25, -0.2) is 4.98 Å². The summed E-state index contributed by atoms with van der Waals surface area (Å²) in [4.78, 5) is 19.3. The van der Waals surface area contributed by atoms with Crippen LogP contribution in [0.1, 0.15) is 51.0 Å². The summed E-state index contributed by atoms with van der Waals surface area (Å²) in [5, 5.41) is 0. The summed E-state index contributed by atoms with van der Waals surface area (Å²) in [6.07, 6.45) is 4.50. The first-order chi connectivity index (χ1) is 9.41. The van der Waals surface area contributed by atoms with E-state index in [9.17, 15) is 4.79 Å². The van der Waals surface area contributed by atoms with Crippen molar-refractivity contribution < 1.29 is 4.74 Å². The number of hydrogen-bond acceptors (Lipinski definition) is 4. The van der Waals surface area contributed by atoms with Gasteiger partial charge < -0.3 is 15.5 Å². The maximum absolute atomic E-state index is 11.8. The molecule has 1 aliphatic rings. The van der Waals surface area contributed by atoms with Gasteiger partial charge in [-0.3, -0.25) is 4.79 Å². The zero-order chi connectivity index (χ0) is 14.8. The first-order valence-electron chi connectivity index (χ1n) is 7.27. The SMILES string of the molecule is COC1(c2nc(CCN)cc(=O)[nH]2)CCC(C)(C)CC1. The van der Waals surface area contributed by atoms with Crippen molar-refractivity contribution in [1.29, 1.82) is 0 Å². The normalized spacial score (nSPS) is 20.8. The van der Waals surface area contributed by atoms with Gasteiger partial charge in [0.25, 0.3) is 5.56 Å². The van der Waals surface area contributed by atoms with Gasteiger partial charge in [0.05, 0.1) is 0 Å². The minimum Gasteiger partial charge on any atom is -0.370 e. The second kappa shape index (κ2) is 5.66. The molecule has 1 aromatic rings. The van der Waals surface area contributed by atoms with Gasteiger partial charge in [-0.05, 0) is 37.6 Å². The summed E-state index contributed by atoms with van der Waals surface area (Å²) in [6, 6.07) is 1.52. The van der Waals surface area contributed by atoms with E-state index in [1.165, 1.54) is 6.07 Å². The van der Waals surface area contributed by atoms with Crippen LogP contribution in [0.3, 0.4) is 0 Å². The summed E-state index contributed by atoms with van der Waals surface area (Å²) in [7, 11) is 1.70. The molecule has 1 heterocycles. The van der Waals surface area contributed by atoms with E-state index in [-0.39, 0.29) is 5.56 Å². The van der Waals surface area contributed by atoms with Gasteiger partial charge in [0.2, 0.25) is 0 Å². The smallest absolute Gasteiger partial charge is 0.251 e. The standard InChI is InChI=1S/C15H25N3O2/c1-14(2)5-7-15(20-3,8-6-14)13-17-11(4-9-16)10-12(19)18-13/h10H,4-9,16H2,1-3H3,(H,17,18,19). The predicted octanol–water partition coefficient (Wildman–Crippen LogP) is 1.71. The molecular formula is C15H25N3O2. The molecule has 0 radical (unpaired) electrons. The second-order valence-electron chi connectivity index (χ2n) is 6.49. The summed E-state index contributed by atoms with van der Waals surface area (Å²) in [5.74, 6) is 0.659. The number of nitrogens with zero attached hydrogens (tertiary/aromatic N) is 1. The van der Waals surface area contributed by atoms with Crippen LogP contribution in [0, 0.1) is 5.41 Å². The molecule has 0 unspecified atom stereocenters. The van der Waals surface area contributed by atoms with Crippen molar-refractivity contribution in [3.8, 4) is 0 Å². The highest BCUT2D eigenvalue weighted by Crippen LogP contribution is 2.45. The molecular weight excluding hydrogens is 254 g/mol. The van der Waals surface area contributed by atoms with Crippen LogP contribution in [0.15, 0.2) is 10.9 Å². The summed E-state index contributed by atoms with van der Waals surface area (Å²) in [6.45, 7) is 5.03. The molecule has 0 bridgehead atoms. The summed E-state index contributed by atoms with van der Waals surface area (Å²) < 4.78 is 5.78. The van der Waals surface area contributed by atoms with Crippen molar-refractivity contribution in [3.05, 3.63) is 27.9 Å². The van der Waals surface area contributed by atoms with E-state index >= 15 is 0 Å². The third-order valence-corrected chi connectivity index (χ3v) is 4.43. The highest BCUT2D eigenvalue weighted by Gasteiger charge is 2.41. The van der Waals surface area contributed by atoms with Crippen molar-refractivity contribution in [2.45, 2.75) is 51.6 Å². The fraction of sp³-hybridized carbons (Fsp3) is 0.733. The number of rotatable bonds is 4. The van der Waals surface area contributed by atoms with Gasteiger partial charge in [0, 0.05) is 25.3 Å². The molecule has 0 aliphatic heterocycles. The fourth-order valence-electron chi connectivity index (χ4n) is 2.87. The van der Waals surface area contributed by atoms with E-state index in [0.717, 1.165) is 31.4 Å². The first-order valence-corrected chi connectivity index (χ1v) is 7.27. The van der Waals surface area contributed by atoms with E-state index in [0.29, 0.717) is 24.2 Å². The van der Waals surface area contributed by atoms with E-state index < -0.39 is 5.60 Å². The van der Waals surface area contributed by atoms with Crippen molar-refractivity contribution in [1.82, 2.24) is 9.97 Å². The van der Waals surface area contributed by atoms with Crippen LogP contribution in [0.2, 0.25) is 0 Å². The van der Waals surface area contributed by atoms with Crippen LogP contribution < -0.4 is 11.3 Å². The minimum absolute atomic E-state index is 0.125. The van der Waals surface area contributed by atoms with E-state index in [2.05, 4.69) is 23.8 Å². The molecule has 2 rings (SSSR count). The Morgan fingerprint density at radius 2 is 2.00 bits per heavy atom. The molecule has 1 saturated carbocycles. The van der Waals surface area contributed by atoms with E-state index in [4.69, 9.17) is 10.5 Å². The largest absolute Gasteiger partial charge is 0.370 e. The van der Waals surface area contributed by atoms with Crippen LogP contribution in [-0.2, 0) is 16.8 Å². The number of hydrogen-bond donors (Lipinski definition) is 2. The lowest BCUT2D eigenvalue weighted by Gasteiger charge is -2.41. The van der Waals surface area contributed by atoms with Gasteiger partial charge >= 0.3 is 0 Å². The Balaban J connectivity index is 2.34. The predicted molar refractivity (Wildman–Crippen MR) is 78.6 cm³/mol. The zero-order valence-electron chi connectivity index (χ0n) is 12.7. The Morgan fingerprint density at radius 1 is 1.35 bits per heavy atom. The fourth-order valence-corrected chi connectivity index (χ4v) is 2.87. The van der Waals surface area contributed by atoms with Gasteiger partial charge in [-0.1, -0.05) is 13.8 Å². The van der Waals surface area contributed by atoms with Crippen molar-refractivity contribution in [2.75, 3.05) is 13.7 Å². The molecule has 0 atom stereocenters. The highest BCUT2D eigenvalue weighted by molar-refractivity contribution is 5.11. The van der Waals surface area contributed by atoms with Crippen LogP contribution >= 0.6 is 0 Å². The molecule has 0 aromatic carbocycles. The van der Waals surface area contributed by atoms with E-state index in [1.54, 1.807) is 7.11 Å². The Hall–Kier alpha value is -1.20. The Bertz CT molecular complexity index is 512. The van der Waals surface area contributed by atoms with Gasteiger partial charge in [0.1, 0.15) is 11.4 Å². The molecule has 1 aromatic heterocycles. The van der Waals surface area contributed by atoms with Crippen LogP contribution in [0.25, 0.3) is 0 Å². The number of aromatic nitrogens is 2. The quantitative estimate of drug-likeness (QED) is 0.879. The Kier molecular flexibility index (Phi) is 4.30. The second-order valence-corrected chi connectivity index (χ2v) is 6.49. The lowest BCUT2D eigenvalue weighted by Crippen LogP contribution is -2.39. The van der Waals surface area contributed by atoms with Crippen molar-refractivity contribution in [2.24, 2.45) is 11.1 Å². The number of methoxy groups -OCH3 is 1. The monoisotopic (exact) mass is 279 g/mol. The molecule has 5 heteroatoms. The van der Waals surface area contributed by atoms with Gasteiger partial charge in [-0.2, -0.15) is 0 Å². The average molecular weight is 279 g/mol. The lowest BCUT2D eigenvalue weighted by molar-refractivity contribution is -0.0732. The van der Waals surface area contributed by atoms with E-state index in [1.807, 2.05) is 0 Å². The highest BCUT2D eigenvalue weighted by atomic mass is 16.5. The Morgan fingerprint density at radius 3 is 2.55 bits per heavy atom. The van der Waals surface area contributed by atoms with Crippen molar-refractivity contribution in [3.63, 3.8) is 0 Å².